The summed E-state index contributed by atoms with van der Waals surface area (Å²) >= 11 is 1.50. The number of thiazole rings is 1. The molecular formula is C14H16N2OS. The Labute approximate surface area is 110 Å². The van der Waals surface area contributed by atoms with Gasteiger partial charge < -0.3 is 4.90 Å². The number of amides is 1. The summed E-state index contributed by atoms with van der Waals surface area (Å²) in [4.78, 5) is 18.7. The van der Waals surface area contributed by atoms with Gasteiger partial charge in [0.2, 0.25) is 0 Å². The number of fused-ring (bicyclic) bond motifs is 1. The van der Waals surface area contributed by atoms with Crippen LogP contribution in [0.4, 0.5) is 0 Å². The van der Waals surface area contributed by atoms with Crippen LogP contribution >= 0.6 is 11.3 Å². The summed E-state index contributed by atoms with van der Waals surface area (Å²) in [6, 6.07) is 7.92. The van der Waals surface area contributed by atoms with Gasteiger partial charge in [-0.1, -0.05) is 19.1 Å². The molecule has 0 bridgehead atoms. The van der Waals surface area contributed by atoms with Crippen LogP contribution in [0.3, 0.4) is 0 Å². The number of hydrogen-bond donors (Lipinski definition) is 0. The second kappa shape index (κ2) is 4.69. The van der Waals surface area contributed by atoms with E-state index in [-0.39, 0.29) is 5.91 Å². The molecule has 1 amide bonds. The van der Waals surface area contributed by atoms with Crippen molar-refractivity contribution in [2.45, 2.75) is 19.8 Å². The van der Waals surface area contributed by atoms with Crippen molar-refractivity contribution in [2.75, 3.05) is 13.1 Å². The maximum Gasteiger partial charge on any atom is 0.282 e. The fraction of sp³-hybridized carbons (Fsp3) is 0.429. The molecule has 4 heteroatoms. The number of hydrogen-bond acceptors (Lipinski definition) is 3. The highest BCUT2D eigenvalue weighted by Crippen LogP contribution is 2.24. The molecule has 0 atom stereocenters. The van der Waals surface area contributed by atoms with Crippen LogP contribution in [0.1, 0.15) is 29.6 Å². The largest absolute Gasteiger partial charge is 0.337 e. The van der Waals surface area contributed by atoms with Gasteiger partial charge in [-0.15, -0.1) is 11.3 Å². The van der Waals surface area contributed by atoms with Crippen LogP contribution in [-0.4, -0.2) is 28.9 Å². The minimum atomic E-state index is 0.100. The van der Waals surface area contributed by atoms with Crippen molar-refractivity contribution >= 4 is 27.5 Å². The van der Waals surface area contributed by atoms with Crippen molar-refractivity contribution in [3.8, 4) is 0 Å². The standard InChI is InChI=1S/C14H16N2OS/c1-10-6-8-16(9-7-10)14(17)13-15-11-4-2-3-5-12(11)18-13/h2-5,10H,6-9H2,1H3. The number of piperidine rings is 1. The molecule has 0 aliphatic carbocycles. The van der Waals surface area contributed by atoms with E-state index in [0.29, 0.717) is 5.01 Å². The third-order valence-electron chi connectivity index (χ3n) is 3.55. The zero-order valence-corrected chi connectivity index (χ0v) is 11.2. The minimum absolute atomic E-state index is 0.100. The third kappa shape index (κ3) is 2.12. The van der Waals surface area contributed by atoms with Gasteiger partial charge in [-0.25, -0.2) is 4.98 Å². The molecule has 1 aliphatic rings. The van der Waals surface area contributed by atoms with Gasteiger partial charge in [-0.3, -0.25) is 4.79 Å². The number of nitrogens with zero attached hydrogens (tertiary/aromatic N) is 2. The van der Waals surface area contributed by atoms with E-state index in [4.69, 9.17) is 0 Å². The van der Waals surface area contributed by atoms with Gasteiger partial charge in [0, 0.05) is 13.1 Å². The van der Waals surface area contributed by atoms with Crippen molar-refractivity contribution in [2.24, 2.45) is 5.92 Å². The Kier molecular flexibility index (Phi) is 3.04. The quantitative estimate of drug-likeness (QED) is 0.789. The lowest BCUT2D eigenvalue weighted by Gasteiger charge is -2.29. The number of aromatic nitrogens is 1. The lowest BCUT2D eigenvalue weighted by Crippen LogP contribution is -2.37. The molecule has 2 aromatic rings. The molecular weight excluding hydrogens is 244 g/mol. The molecule has 1 fully saturated rings. The highest BCUT2D eigenvalue weighted by Gasteiger charge is 2.23. The Morgan fingerprint density at radius 3 is 2.78 bits per heavy atom. The van der Waals surface area contributed by atoms with E-state index in [1.165, 1.54) is 11.3 Å². The molecule has 0 unspecified atom stereocenters. The molecule has 94 valence electrons. The molecule has 3 nitrogen and oxygen atoms in total. The number of para-hydroxylation sites is 1. The number of carbonyl (C=O) groups excluding carboxylic acids is 1. The van der Waals surface area contributed by atoms with Crippen molar-refractivity contribution in [3.05, 3.63) is 29.3 Å². The molecule has 1 aromatic heterocycles. The fourth-order valence-electron chi connectivity index (χ4n) is 2.31. The van der Waals surface area contributed by atoms with Crippen molar-refractivity contribution in [3.63, 3.8) is 0 Å². The average Bonchev–Trinajstić information content (AvgIpc) is 2.82. The molecule has 0 spiro atoms. The second-order valence-corrected chi connectivity index (χ2v) is 5.99. The van der Waals surface area contributed by atoms with Gasteiger partial charge >= 0.3 is 0 Å². The van der Waals surface area contributed by atoms with E-state index in [2.05, 4.69) is 11.9 Å². The van der Waals surface area contributed by atoms with Gasteiger partial charge in [0.05, 0.1) is 10.2 Å². The third-order valence-corrected chi connectivity index (χ3v) is 4.57. The topological polar surface area (TPSA) is 33.2 Å². The maximum atomic E-state index is 12.3. The van der Waals surface area contributed by atoms with Gasteiger partial charge in [0.15, 0.2) is 5.01 Å². The lowest BCUT2D eigenvalue weighted by molar-refractivity contribution is 0.0697. The van der Waals surface area contributed by atoms with Crippen LogP contribution in [0, 0.1) is 5.92 Å². The normalized spacial score (nSPS) is 17.3. The van der Waals surface area contributed by atoms with Crippen molar-refractivity contribution < 1.29 is 4.79 Å². The van der Waals surface area contributed by atoms with Crippen LogP contribution in [-0.2, 0) is 0 Å². The molecule has 2 heterocycles. The molecule has 18 heavy (non-hydrogen) atoms. The summed E-state index contributed by atoms with van der Waals surface area (Å²) in [6.07, 6.45) is 2.22. The molecule has 1 aromatic carbocycles. The predicted molar refractivity (Wildman–Crippen MR) is 73.9 cm³/mol. The summed E-state index contributed by atoms with van der Waals surface area (Å²) in [6.45, 7) is 3.99. The molecule has 1 saturated heterocycles. The van der Waals surface area contributed by atoms with E-state index in [9.17, 15) is 4.79 Å². The molecule has 0 radical (unpaired) electrons. The highest BCUT2D eigenvalue weighted by atomic mass is 32.1. The smallest absolute Gasteiger partial charge is 0.282 e. The van der Waals surface area contributed by atoms with E-state index in [1.54, 1.807) is 0 Å². The Balaban J connectivity index is 1.83. The van der Waals surface area contributed by atoms with Crippen LogP contribution < -0.4 is 0 Å². The number of benzene rings is 1. The summed E-state index contributed by atoms with van der Waals surface area (Å²) in [7, 11) is 0. The lowest BCUT2D eigenvalue weighted by atomic mass is 9.99. The van der Waals surface area contributed by atoms with Crippen molar-refractivity contribution in [1.29, 1.82) is 0 Å². The average molecular weight is 260 g/mol. The number of likely N-dealkylation sites (tertiary alicyclic amines) is 1. The Morgan fingerprint density at radius 2 is 2.06 bits per heavy atom. The monoisotopic (exact) mass is 260 g/mol. The van der Waals surface area contributed by atoms with E-state index >= 15 is 0 Å². The second-order valence-electron chi connectivity index (χ2n) is 4.96. The van der Waals surface area contributed by atoms with Gasteiger partial charge in [-0.05, 0) is 30.9 Å². The van der Waals surface area contributed by atoms with E-state index in [0.717, 1.165) is 42.1 Å². The van der Waals surface area contributed by atoms with E-state index in [1.807, 2.05) is 29.2 Å². The fourth-order valence-corrected chi connectivity index (χ4v) is 3.24. The van der Waals surface area contributed by atoms with Crippen LogP contribution in [0.2, 0.25) is 0 Å². The van der Waals surface area contributed by atoms with Crippen LogP contribution in [0.15, 0.2) is 24.3 Å². The van der Waals surface area contributed by atoms with Gasteiger partial charge in [0.25, 0.3) is 5.91 Å². The number of rotatable bonds is 1. The molecule has 0 saturated carbocycles. The van der Waals surface area contributed by atoms with Gasteiger partial charge in [-0.2, -0.15) is 0 Å². The Bertz CT molecular complexity index is 537. The van der Waals surface area contributed by atoms with Gasteiger partial charge in [0.1, 0.15) is 0 Å². The molecule has 0 N–H and O–H groups in total. The Morgan fingerprint density at radius 1 is 1.33 bits per heavy atom. The summed E-state index contributed by atoms with van der Waals surface area (Å²) in [5, 5.41) is 0.630. The van der Waals surface area contributed by atoms with Crippen LogP contribution in [0.5, 0.6) is 0 Å². The summed E-state index contributed by atoms with van der Waals surface area (Å²) in [5.41, 5.74) is 0.927. The first-order valence-electron chi connectivity index (χ1n) is 6.39. The zero-order chi connectivity index (χ0) is 12.5. The molecule has 3 rings (SSSR count). The highest BCUT2D eigenvalue weighted by molar-refractivity contribution is 7.20. The first-order chi connectivity index (χ1) is 8.74. The SMILES string of the molecule is CC1CCN(C(=O)c2nc3ccccc3s2)CC1. The summed E-state index contributed by atoms with van der Waals surface area (Å²) < 4.78 is 1.09. The predicted octanol–water partition coefficient (Wildman–Crippen LogP) is 3.17. The Hall–Kier alpha value is -1.42. The first-order valence-corrected chi connectivity index (χ1v) is 7.20. The zero-order valence-electron chi connectivity index (χ0n) is 10.4. The minimum Gasteiger partial charge on any atom is -0.337 e. The van der Waals surface area contributed by atoms with E-state index < -0.39 is 0 Å². The number of carbonyl (C=O) groups is 1. The molecule has 1 aliphatic heterocycles. The van der Waals surface area contributed by atoms with Crippen LogP contribution in [0.25, 0.3) is 10.2 Å². The maximum absolute atomic E-state index is 12.3. The summed E-state index contributed by atoms with van der Waals surface area (Å²) in [5.74, 6) is 0.840. The van der Waals surface area contributed by atoms with Crippen molar-refractivity contribution in [1.82, 2.24) is 9.88 Å². The first kappa shape index (κ1) is 11.7.